The predicted molar refractivity (Wildman–Crippen MR) is 53.5 cm³/mol. The Morgan fingerprint density at radius 1 is 1.50 bits per heavy atom. The van der Waals surface area contributed by atoms with Crippen molar-refractivity contribution in [2.75, 3.05) is 13.1 Å². The molecule has 4 heteroatoms. The third kappa shape index (κ3) is 2.45. The zero-order chi connectivity index (χ0) is 10.6. The van der Waals surface area contributed by atoms with E-state index in [9.17, 15) is 10.0 Å². The molecule has 1 aliphatic rings. The summed E-state index contributed by atoms with van der Waals surface area (Å²) in [5.74, 6) is -0.921. The Labute approximate surface area is 84.7 Å². The molecule has 1 aliphatic heterocycles. The summed E-state index contributed by atoms with van der Waals surface area (Å²) in [6.45, 7) is 2.99. The molecule has 1 fully saturated rings. The highest BCUT2D eigenvalue weighted by Crippen LogP contribution is 2.25. The zero-order valence-corrected chi connectivity index (χ0v) is 8.74. The lowest BCUT2D eigenvalue weighted by molar-refractivity contribution is -0.885. The van der Waals surface area contributed by atoms with E-state index in [1.54, 1.807) is 0 Å². The van der Waals surface area contributed by atoms with Crippen LogP contribution in [0.5, 0.6) is 0 Å². The van der Waals surface area contributed by atoms with Gasteiger partial charge < -0.3 is 15.0 Å². The Hall–Kier alpha value is -0.610. The Bertz CT molecular complexity index is 200. The summed E-state index contributed by atoms with van der Waals surface area (Å²) in [5.41, 5.74) is 0. The molecule has 0 aromatic carbocycles. The summed E-state index contributed by atoms with van der Waals surface area (Å²) in [6.07, 6.45) is 4.05. The molecule has 14 heavy (non-hydrogen) atoms. The van der Waals surface area contributed by atoms with Crippen LogP contribution in [-0.4, -0.2) is 34.9 Å². The number of hydrogen-bond acceptors (Lipinski definition) is 2. The summed E-state index contributed by atoms with van der Waals surface area (Å²) < 4.78 is -0.491. The minimum atomic E-state index is -0.921. The fourth-order valence-electron chi connectivity index (χ4n) is 2.14. The number of unbranched alkanes of at least 4 members (excludes halogenated alkanes) is 1. The zero-order valence-electron chi connectivity index (χ0n) is 8.74. The van der Waals surface area contributed by atoms with Crippen LogP contribution in [0.4, 0.5) is 0 Å². The lowest BCUT2D eigenvalue weighted by Crippen LogP contribution is -2.52. The number of likely N-dealkylation sites (tertiary alicyclic amines) is 1. The Kier molecular flexibility index (Phi) is 3.89. The maximum Gasteiger partial charge on any atom is 0.362 e. The van der Waals surface area contributed by atoms with Gasteiger partial charge in [-0.1, -0.05) is 13.3 Å². The largest absolute Gasteiger partial charge is 0.632 e. The molecule has 1 saturated heterocycles. The van der Waals surface area contributed by atoms with Gasteiger partial charge in [0.1, 0.15) is 0 Å². The Morgan fingerprint density at radius 2 is 2.07 bits per heavy atom. The van der Waals surface area contributed by atoms with Gasteiger partial charge in [0.25, 0.3) is 0 Å². The molecule has 1 unspecified atom stereocenters. The van der Waals surface area contributed by atoms with Crippen LogP contribution in [0, 0.1) is 5.21 Å². The third-order valence-corrected chi connectivity index (χ3v) is 3.01. The number of carbonyl (C=O) groups is 1. The van der Waals surface area contributed by atoms with Gasteiger partial charge in [0.15, 0.2) is 6.04 Å². The molecule has 82 valence electrons. The highest BCUT2D eigenvalue weighted by atomic mass is 16.6. The third-order valence-electron chi connectivity index (χ3n) is 3.01. The second-order valence-electron chi connectivity index (χ2n) is 4.10. The van der Waals surface area contributed by atoms with E-state index >= 15 is 0 Å². The molecule has 0 aromatic heterocycles. The van der Waals surface area contributed by atoms with Crippen molar-refractivity contribution >= 4 is 5.97 Å². The summed E-state index contributed by atoms with van der Waals surface area (Å²) in [6, 6.07) is -0.725. The fourth-order valence-corrected chi connectivity index (χ4v) is 2.14. The number of hydroxylamine groups is 3. The fraction of sp³-hybridized carbons (Fsp3) is 0.900. The van der Waals surface area contributed by atoms with Gasteiger partial charge in [0, 0.05) is 19.3 Å². The number of aliphatic carboxylic acids is 1. The van der Waals surface area contributed by atoms with Crippen molar-refractivity contribution in [3.8, 4) is 0 Å². The maximum absolute atomic E-state index is 12.1. The van der Waals surface area contributed by atoms with Crippen LogP contribution in [0.15, 0.2) is 0 Å². The standard InChI is InChI=1S/C10H19NO3/c1-2-3-6-9(10(12)13)11(14)7-4-5-8-11/h9H,2-8H2,1H3,(H,12,13). The SMILES string of the molecule is CCCCC(C(=O)O)[N+]1([O-])CCCC1. The van der Waals surface area contributed by atoms with Gasteiger partial charge in [-0.25, -0.2) is 4.79 Å². The molecule has 0 bridgehead atoms. The van der Waals surface area contributed by atoms with Gasteiger partial charge >= 0.3 is 5.97 Å². The van der Waals surface area contributed by atoms with Crippen LogP contribution >= 0.6 is 0 Å². The first-order valence-corrected chi connectivity index (χ1v) is 5.40. The molecular formula is C10H19NO3. The molecule has 0 radical (unpaired) electrons. The molecule has 1 N–H and O–H groups in total. The van der Waals surface area contributed by atoms with Crippen molar-refractivity contribution in [3.05, 3.63) is 5.21 Å². The number of carboxylic acid groups (broad SMARTS) is 1. The summed E-state index contributed by atoms with van der Waals surface area (Å²) in [7, 11) is 0. The van der Waals surface area contributed by atoms with E-state index in [1.807, 2.05) is 6.92 Å². The Morgan fingerprint density at radius 3 is 2.50 bits per heavy atom. The summed E-state index contributed by atoms with van der Waals surface area (Å²) >= 11 is 0. The van der Waals surface area contributed by atoms with Crippen LogP contribution in [0.3, 0.4) is 0 Å². The van der Waals surface area contributed by atoms with Crippen molar-refractivity contribution < 1.29 is 14.5 Å². The molecule has 4 nitrogen and oxygen atoms in total. The second-order valence-corrected chi connectivity index (χ2v) is 4.10. The van der Waals surface area contributed by atoms with Crippen LogP contribution in [0.25, 0.3) is 0 Å². The second kappa shape index (κ2) is 4.75. The average Bonchev–Trinajstić information content (AvgIpc) is 2.53. The van der Waals surface area contributed by atoms with E-state index in [1.165, 1.54) is 0 Å². The highest BCUT2D eigenvalue weighted by molar-refractivity contribution is 5.72. The number of carboxylic acids is 1. The Balaban J connectivity index is 2.61. The quantitative estimate of drug-likeness (QED) is 0.544. The molecule has 0 aliphatic carbocycles. The molecule has 1 rings (SSSR count). The molecule has 1 heterocycles. The normalized spacial score (nSPS) is 22.1. The molecule has 0 aromatic rings. The van der Waals surface area contributed by atoms with Crippen molar-refractivity contribution in [1.29, 1.82) is 0 Å². The molecule has 0 spiro atoms. The molecule has 0 saturated carbocycles. The van der Waals surface area contributed by atoms with E-state index in [-0.39, 0.29) is 0 Å². The van der Waals surface area contributed by atoms with Crippen molar-refractivity contribution in [2.45, 2.75) is 45.1 Å². The topological polar surface area (TPSA) is 60.4 Å². The van der Waals surface area contributed by atoms with Gasteiger partial charge in [-0.2, -0.15) is 0 Å². The lowest BCUT2D eigenvalue weighted by atomic mass is 10.1. The predicted octanol–water partition coefficient (Wildman–Crippen LogP) is 1.74. The number of rotatable bonds is 5. The first-order chi connectivity index (χ1) is 6.60. The van der Waals surface area contributed by atoms with Gasteiger partial charge in [0.2, 0.25) is 0 Å². The summed E-state index contributed by atoms with van der Waals surface area (Å²) in [5, 5.41) is 21.1. The van der Waals surface area contributed by atoms with Gasteiger partial charge in [0.05, 0.1) is 13.1 Å². The van der Waals surface area contributed by atoms with E-state index in [0.717, 1.165) is 25.7 Å². The van der Waals surface area contributed by atoms with E-state index in [4.69, 9.17) is 5.11 Å². The minimum Gasteiger partial charge on any atom is -0.632 e. The van der Waals surface area contributed by atoms with Gasteiger partial charge in [-0.05, 0) is 6.42 Å². The van der Waals surface area contributed by atoms with E-state index in [2.05, 4.69) is 0 Å². The number of quaternary nitrogens is 1. The summed E-state index contributed by atoms with van der Waals surface area (Å²) in [4.78, 5) is 11.0. The van der Waals surface area contributed by atoms with Crippen LogP contribution in [-0.2, 0) is 4.79 Å². The average molecular weight is 201 g/mol. The lowest BCUT2D eigenvalue weighted by Gasteiger charge is -2.43. The van der Waals surface area contributed by atoms with Crippen LogP contribution in [0.1, 0.15) is 39.0 Å². The number of nitrogens with zero attached hydrogens (tertiary/aromatic N) is 1. The van der Waals surface area contributed by atoms with Crippen molar-refractivity contribution in [2.24, 2.45) is 0 Å². The van der Waals surface area contributed by atoms with Crippen molar-refractivity contribution in [1.82, 2.24) is 0 Å². The molecule has 1 atom stereocenters. The number of hydrogen-bond donors (Lipinski definition) is 1. The smallest absolute Gasteiger partial charge is 0.362 e. The van der Waals surface area contributed by atoms with E-state index < -0.39 is 16.7 Å². The van der Waals surface area contributed by atoms with Gasteiger partial charge in [-0.15, -0.1) is 0 Å². The first kappa shape index (κ1) is 11.5. The van der Waals surface area contributed by atoms with E-state index in [0.29, 0.717) is 19.5 Å². The first-order valence-electron chi connectivity index (χ1n) is 5.40. The highest BCUT2D eigenvalue weighted by Gasteiger charge is 2.36. The molecular weight excluding hydrogens is 182 g/mol. The van der Waals surface area contributed by atoms with Crippen molar-refractivity contribution in [3.63, 3.8) is 0 Å². The van der Waals surface area contributed by atoms with Crippen LogP contribution in [0.2, 0.25) is 0 Å². The van der Waals surface area contributed by atoms with Gasteiger partial charge in [-0.3, -0.25) is 0 Å². The van der Waals surface area contributed by atoms with Crippen LogP contribution < -0.4 is 0 Å². The maximum atomic E-state index is 12.1. The monoisotopic (exact) mass is 201 g/mol. The minimum absolute atomic E-state index is 0.487. The molecule has 0 amide bonds.